The van der Waals surface area contributed by atoms with Crippen LogP contribution in [0, 0.1) is 5.82 Å². The summed E-state index contributed by atoms with van der Waals surface area (Å²) in [6.07, 6.45) is 4.08. The second-order valence-electron chi connectivity index (χ2n) is 10.8. The number of benzene rings is 3. The number of hydrogen-bond donors (Lipinski definition) is 1. The van der Waals surface area contributed by atoms with Gasteiger partial charge in [0.25, 0.3) is 10.0 Å². The van der Waals surface area contributed by atoms with Gasteiger partial charge >= 0.3 is 0 Å². The third-order valence-corrected chi connectivity index (χ3v) is 9.68. The van der Waals surface area contributed by atoms with E-state index in [-0.39, 0.29) is 34.8 Å². The smallest absolute Gasteiger partial charge is 0.264 e. The zero-order chi connectivity index (χ0) is 32.6. The molecule has 3 aromatic rings. The van der Waals surface area contributed by atoms with E-state index in [1.54, 1.807) is 18.2 Å². The van der Waals surface area contributed by atoms with E-state index in [9.17, 15) is 22.4 Å². The molecule has 0 saturated heterocycles. The van der Waals surface area contributed by atoms with E-state index in [1.165, 1.54) is 56.6 Å². The molecular weight excluding hydrogens is 601 g/mol. The summed E-state index contributed by atoms with van der Waals surface area (Å²) in [6.45, 7) is 1.18. The Morgan fingerprint density at radius 3 is 2.24 bits per heavy atom. The largest absolute Gasteiger partial charge is 0.497 e. The van der Waals surface area contributed by atoms with Crippen LogP contribution in [-0.2, 0) is 26.2 Å². The summed E-state index contributed by atoms with van der Waals surface area (Å²) in [5, 5.41) is 3.09. The van der Waals surface area contributed by atoms with Gasteiger partial charge in [-0.1, -0.05) is 31.9 Å². The van der Waals surface area contributed by atoms with Crippen LogP contribution in [0.25, 0.3) is 0 Å². The average molecular weight is 642 g/mol. The summed E-state index contributed by atoms with van der Waals surface area (Å²) >= 11 is 0. The van der Waals surface area contributed by atoms with Gasteiger partial charge in [0, 0.05) is 18.7 Å². The normalized spacial score (nSPS) is 14.0. The fourth-order valence-corrected chi connectivity index (χ4v) is 6.92. The van der Waals surface area contributed by atoms with Gasteiger partial charge in [-0.15, -0.1) is 0 Å². The molecule has 0 bridgehead atoms. The van der Waals surface area contributed by atoms with Crippen molar-refractivity contribution in [1.82, 2.24) is 10.2 Å². The van der Waals surface area contributed by atoms with Crippen LogP contribution < -0.4 is 23.8 Å². The van der Waals surface area contributed by atoms with E-state index < -0.39 is 34.3 Å². The van der Waals surface area contributed by atoms with E-state index in [1.807, 2.05) is 13.0 Å². The first-order valence-electron chi connectivity index (χ1n) is 14.8. The quantitative estimate of drug-likeness (QED) is 0.266. The van der Waals surface area contributed by atoms with Crippen LogP contribution in [0.2, 0.25) is 0 Å². The van der Waals surface area contributed by atoms with Crippen LogP contribution in [-0.4, -0.2) is 65.1 Å². The van der Waals surface area contributed by atoms with Gasteiger partial charge < -0.3 is 24.4 Å². The van der Waals surface area contributed by atoms with Crippen LogP contribution in [0.4, 0.5) is 10.1 Å². The minimum atomic E-state index is -4.40. The molecule has 10 nitrogen and oxygen atoms in total. The van der Waals surface area contributed by atoms with Gasteiger partial charge in [-0.05, 0) is 73.4 Å². The fourth-order valence-electron chi connectivity index (χ4n) is 5.49. The molecule has 242 valence electrons. The molecule has 12 heteroatoms. The number of anilines is 1. The minimum absolute atomic E-state index is 0.0281. The Morgan fingerprint density at radius 1 is 0.933 bits per heavy atom. The molecule has 1 N–H and O–H groups in total. The van der Waals surface area contributed by atoms with Crippen molar-refractivity contribution < 1.29 is 36.6 Å². The molecule has 1 fully saturated rings. The highest BCUT2D eigenvalue weighted by Crippen LogP contribution is 2.32. The summed E-state index contributed by atoms with van der Waals surface area (Å²) in [7, 11) is -0.0550. The number of nitrogens with zero attached hydrogens (tertiary/aromatic N) is 2. The molecule has 45 heavy (non-hydrogen) atoms. The van der Waals surface area contributed by atoms with Crippen LogP contribution in [0.1, 0.15) is 44.6 Å². The number of carbonyl (C=O) groups is 2. The summed E-state index contributed by atoms with van der Waals surface area (Å²) in [6, 6.07) is 15.2. The molecule has 1 saturated carbocycles. The molecular formula is C33H40FN3O7S. The number of halogens is 1. The summed E-state index contributed by atoms with van der Waals surface area (Å²) in [5.74, 6) is -0.394. The van der Waals surface area contributed by atoms with Gasteiger partial charge in [-0.2, -0.15) is 0 Å². The Kier molecular flexibility index (Phi) is 11.3. The number of amides is 2. The molecule has 3 aromatic carbocycles. The van der Waals surface area contributed by atoms with E-state index >= 15 is 0 Å². The van der Waals surface area contributed by atoms with Crippen LogP contribution in [0.5, 0.6) is 17.2 Å². The van der Waals surface area contributed by atoms with Gasteiger partial charge in [-0.25, -0.2) is 12.8 Å². The van der Waals surface area contributed by atoms with Crippen molar-refractivity contribution >= 4 is 27.5 Å². The lowest BCUT2D eigenvalue weighted by atomic mass is 10.1. The third-order valence-electron chi connectivity index (χ3n) is 7.91. The zero-order valence-electron chi connectivity index (χ0n) is 26.0. The number of carbonyl (C=O) groups excluding carboxylic acids is 2. The molecule has 0 heterocycles. The molecule has 2 amide bonds. The van der Waals surface area contributed by atoms with Crippen molar-refractivity contribution in [3.63, 3.8) is 0 Å². The van der Waals surface area contributed by atoms with Gasteiger partial charge in [0.1, 0.15) is 24.2 Å². The molecule has 1 aliphatic carbocycles. The predicted octanol–water partition coefficient (Wildman–Crippen LogP) is 4.91. The number of rotatable bonds is 14. The number of sulfonamides is 1. The number of nitrogens with one attached hydrogen (secondary N) is 1. The first-order chi connectivity index (χ1) is 21.6. The maximum absolute atomic E-state index is 14.3. The van der Waals surface area contributed by atoms with Gasteiger partial charge in [0.15, 0.2) is 11.5 Å². The summed E-state index contributed by atoms with van der Waals surface area (Å²) in [4.78, 5) is 29.1. The zero-order valence-corrected chi connectivity index (χ0v) is 26.8. The molecule has 1 aliphatic rings. The number of methoxy groups -OCH3 is 3. The van der Waals surface area contributed by atoms with E-state index in [2.05, 4.69) is 5.32 Å². The topological polar surface area (TPSA) is 114 Å². The van der Waals surface area contributed by atoms with Crippen molar-refractivity contribution in [1.29, 1.82) is 0 Å². The first kappa shape index (κ1) is 33.6. The highest BCUT2D eigenvalue weighted by Gasteiger charge is 2.35. The second-order valence-corrected chi connectivity index (χ2v) is 12.7. The standard InChI is InChI=1S/C33H40FN3O7S/c1-5-29(33(39)35-25-10-6-7-11-25)36(21-23-9-8-12-27(19-23)42-2)32(38)22-37(26-15-13-24(34)14-16-26)45(40,41)28-17-18-30(43-3)31(20-28)44-4/h8-9,12-20,25,29H,5-7,10-11,21-22H2,1-4H3,(H,35,39). The molecule has 0 aliphatic heterocycles. The van der Waals surface area contributed by atoms with Crippen molar-refractivity contribution in [2.45, 2.75) is 62.6 Å². The molecule has 4 rings (SSSR count). The number of hydrogen-bond acceptors (Lipinski definition) is 7. The van der Waals surface area contributed by atoms with Crippen molar-refractivity contribution in [2.75, 3.05) is 32.2 Å². The van der Waals surface area contributed by atoms with Crippen molar-refractivity contribution in [2.24, 2.45) is 0 Å². The molecule has 0 aromatic heterocycles. The molecule has 1 atom stereocenters. The van der Waals surface area contributed by atoms with Crippen LogP contribution in [0.3, 0.4) is 0 Å². The third kappa shape index (κ3) is 8.05. The van der Waals surface area contributed by atoms with E-state index in [0.29, 0.717) is 23.5 Å². The highest BCUT2D eigenvalue weighted by atomic mass is 32.2. The Bertz CT molecular complexity index is 1580. The monoisotopic (exact) mass is 641 g/mol. The Morgan fingerprint density at radius 2 is 1.62 bits per heavy atom. The van der Waals surface area contributed by atoms with E-state index in [4.69, 9.17) is 14.2 Å². The minimum Gasteiger partial charge on any atom is -0.497 e. The molecule has 1 unspecified atom stereocenters. The Hall–Kier alpha value is -4.32. The first-order valence-corrected chi connectivity index (χ1v) is 16.3. The molecule has 0 spiro atoms. The summed E-state index contributed by atoms with van der Waals surface area (Å²) < 4.78 is 59.1. The fraction of sp³-hybridized carbons (Fsp3) is 0.394. The summed E-state index contributed by atoms with van der Waals surface area (Å²) in [5.41, 5.74) is 0.773. The van der Waals surface area contributed by atoms with Gasteiger partial charge in [-0.3, -0.25) is 13.9 Å². The van der Waals surface area contributed by atoms with Crippen molar-refractivity contribution in [3.05, 3.63) is 78.1 Å². The lowest BCUT2D eigenvalue weighted by Gasteiger charge is -2.34. The predicted molar refractivity (Wildman–Crippen MR) is 168 cm³/mol. The highest BCUT2D eigenvalue weighted by molar-refractivity contribution is 7.92. The van der Waals surface area contributed by atoms with Crippen LogP contribution >= 0.6 is 0 Å². The molecule has 0 radical (unpaired) electrons. The maximum atomic E-state index is 14.3. The lowest BCUT2D eigenvalue weighted by molar-refractivity contribution is -0.140. The number of ether oxygens (including phenoxy) is 3. The average Bonchev–Trinajstić information content (AvgIpc) is 3.56. The van der Waals surface area contributed by atoms with Gasteiger partial charge in [0.2, 0.25) is 11.8 Å². The Labute approximate surface area is 264 Å². The lowest BCUT2D eigenvalue weighted by Crippen LogP contribution is -2.53. The van der Waals surface area contributed by atoms with Crippen LogP contribution in [0.15, 0.2) is 71.6 Å². The maximum Gasteiger partial charge on any atom is 0.264 e. The van der Waals surface area contributed by atoms with E-state index in [0.717, 1.165) is 42.1 Å². The Balaban J connectivity index is 1.75. The second kappa shape index (κ2) is 15.1. The van der Waals surface area contributed by atoms with Crippen molar-refractivity contribution in [3.8, 4) is 17.2 Å². The van der Waals surface area contributed by atoms with Gasteiger partial charge in [0.05, 0.1) is 31.9 Å². The SMILES string of the molecule is CCC(C(=O)NC1CCCC1)N(Cc1cccc(OC)c1)C(=O)CN(c1ccc(F)cc1)S(=O)(=O)c1ccc(OC)c(OC)c1.